The van der Waals surface area contributed by atoms with Crippen molar-refractivity contribution in [2.24, 2.45) is 5.92 Å². The summed E-state index contributed by atoms with van der Waals surface area (Å²) in [6.45, 7) is 7.53. The minimum atomic E-state index is -0.112. The molecule has 4 rings (SSSR count). The zero-order valence-electron chi connectivity index (χ0n) is 18.6. The number of carbonyl (C=O) groups is 1. The average molecular weight is 414 g/mol. The van der Waals surface area contributed by atoms with Crippen LogP contribution in [-0.2, 0) is 9.53 Å². The fraction of sp³-hybridized carbons (Fsp3) is 0.625. The van der Waals surface area contributed by atoms with Crippen LogP contribution < -0.4 is 10.1 Å². The van der Waals surface area contributed by atoms with Gasteiger partial charge in [-0.3, -0.25) is 4.79 Å². The summed E-state index contributed by atoms with van der Waals surface area (Å²) in [6.07, 6.45) is 10.9. The van der Waals surface area contributed by atoms with E-state index in [1.54, 1.807) is 6.20 Å². The molecule has 1 aliphatic carbocycles. The maximum atomic E-state index is 12.1. The van der Waals surface area contributed by atoms with E-state index < -0.39 is 0 Å². The van der Waals surface area contributed by atoms with Gasteiger partial charge in [0.2, 0.25) is 0 Å². The third-order valence-corrected chi connectivity index (χ3v) is 5.85. The van der Waals surface area contributed by atoms with Crippen LogP contribution in [0, 0.1) is 19.8 Å². The first-order valence-corrected chi connectivity index (χ1v) is 11.3. The van der Waals surface area contributed by atoms with Crippen molar-refractivity contribution in [3.05, 3.63) is 29.7 Å². The summed E-state index contributed by atoms with van der Waals surface area (Å²) < 4.78 is 11.1. The zero-order valence-corrected chi connectivity index (χ0v) is 18.6. The topological polar surface area (TPSA) is 73.3 Å². The smallest absolute Gasteiger partial charge is 0.258 e. The Morgan fingerprint density at radius 1 is 1.13 bits per heavy atom. The number of amides is 1. The number of hydrogen-bond donors (Lipinski definition) is 1. The predicted octanol–water partition coefficient (Wildman–Crippen LogP) is 4.51. The number of ether oxygens (including phenoxy) is 2. The molecule has 2 aliphatic rings. The summed E-state index contributed by atoms with van der Waals surface area (Å²) in [7, 11) is 0. The largest absolute Gasteiger partial charge is 0.481 e. The molecule has 1 aromatic heterocycles. The van der Waals surface area contributed by atoms with Crippen molar-refractivity contribution in [2.45, 2.75) is 71.8 Å². The van der Waals surface area contributed by atoms with Crippen LogP contribution in [0.5, 0.6) is 5.75 Å². The van der Waals surface area contributed by atoms with Gasteiger partial charge in [-0.25, -0.2) is 9.97 Å². The third-order valence-electron chi connectivity index (χ3n) is 5.85. The molecule has 1 aliphatic heterocycles. The molecule has 1 amide bonds. The van der Waals surface area contributed by atoms with Gasteiger partial charge in [-0.05, 0) is 38.2 Å². The van der Waals surface area contributed by atoms with Crippen LogP contribution in [0.4, 0.5) is 0 Å². The molecule has 0 radical (unpaired) electrons. The Labute approximate surface area is 179 Å². The van der Waals surface area contributed by atoms with Crippen LogP contribution in [0.1, 0.15) is 63.3 Å². The Kier molecular flexibility index (Phi) is 8.43. The van der Waals surface area contributed by atoms with Gasteiger partial charge in [-0.1, -0.05) is 51.2 Å². The van der Waals surface area contributed by atoms with Gasteiger partial charge in [0, 0.05) is 30.8 Å². The van der Waals surface area contributed by atoms with E-state index in [0.717, 1.165) is 35.2 Å². The molecule has 1 saturated heterocycles. The molecule has 0 atom stereocenters. The lowest BCUT2D eigenvalue weighted by Crippen LogP contribution is -2.41. The summed E-state index contributed by atoms with van der Waals surface area (Å²) in [6, 6.07) is 4.09. The van der Waals surface area contributed by atoms with Gasteiger partial charge in [-0.15, -0.1) is 0 Å². The van der Waals surface area contributed by atoms with Crippen molar-refractivity contribution < 1.29 is 14.3 Å². The number of fused-ring (bicyclic) bond motifs is 1. The van der Waals surface area contributed by atoms with Crippen LogP contribution in [0.3, 0.4) is 0 Å². The van der Waals surface area contributed by atoms with E-state index in [-0.39, 0.29) is 18.6 Å². The van der Waals surface area contributed by atoms with Crippen molar-refractivity contribution in [3.63, 3.8) is 0 Å². The third kappa shape index (κ3) is 6.66. The number of hydrogen-bond acceptors (Lipinski definition) is 5. The van der Waals surface area contributed by atoms with E-state index in [0.29, 0.717) is 24.8 Å². The Hall–Kier alpha value is -2.21. The average Bonchev–Trinajstić information content (AvgIpc) is 2.75. The van der Waals surface area contributed by atoms with Crippen LogP contribution >= 0.6 is 0 Å². The number of benzene rings is 1. The minimum Gasteiger partial charge on any atom is -0.481 e. The zero-order chi connectivity index (χ0) is 21.3. The predicted molar refractivity (Wildman–Crippen MR) is 119 cm³/mol. The fourth-order valence-electron chi connectivity index (χ4n) is 4.00. The minimum absolute atomic E-state index is 0.0135. The Balaban J connectivity index is 0.000000310. The molecule has 0 spiro atoms. The lowest BCUT2D eigenvalue weighted by Gasteiger charge is -2.23. The van der Waals surface area contributed by atoms with Crippen molar-refractivity contribution in [1.82, 2.24) is 15.3 Å². The van der Waals surface area contributed by atoms with Gasteiger partial charge in [-0.2, -0.15) is 0 Å². The van der Waals surface area contributed by atoms with Gasteiger partial charge in [0.15, 0.2) is 6.61 Å². The second-order valence-electron chi connectivity index (χ2n) is 8.55. The molecule has 30 heavy (non-hydrogen) atoms. The van der Waals surface area contributed by atoms with Gasteiger partial charge in [0.25, 0.3) is 5.91 Å². The summed E-state index contributed by atoms with van der Waals surface area (Å²) >= 11 is 0. The normalized spacial score (nSPS) is 17.8. The summed E-state index contributed by atoms with van der Waals surface area (Å²) in [5, 5.41) is 3.90. The number of aromatic nitrogens is 2. The van der Waals surface area contributed by atoms with Crippen LogP contribution in [-0.4, -0.2) is 41.7 Å². The molecule has 2 fully saturated rings. The molecule has 2 aromatic rings. The number of nitrogens with one attached hydrogen (secondary N) is 1. The molecular weight excluding hydrogens is 378 g/mol. The molecular formula is C24H35N3O3. The lowest BCUT2D eigenvalue weighted by molar-refractivity contribution is -0.124. The molecule has 2 heterocycles. The first kappa shape index (κ1) is 22.5. The highest BCUT2D eigenvalue weighted by Gasteiger charge is 2.17. The highest BCUT2D eigenvalue weighted by Crippen LogP contribution is 2.27. The highest BCUT2D eigenvalue weighted by atomic mass is 16.5. The van der Waals surface area contributed by atoms with Crippen molar-refractivity contribution in [2.75, 3.05) is 19.8 Å². The fourth-order valence-corrected chi connectivity index (χ4v) is 4.00. The Morgan fingerprint density at radius 2 is 1.87 bits per heavy atom. The van der Waals surface area contributed by atoms with Crippen LogP contribution in [0.15, 0.2) is 18.3 Å². The molecule has 1 N–H and O–H groups in total. The van der Waals surface area contributed by atoms with Gasteiger partial charge >= 0.3 is 0 Å². The second-order valence-corrected chi connectivity index (χ2v) is 8.55. The lowest BCUT2D eigenvalue weighted by atomic mass is 9.91. The monoisotopic (exact) mass is 413 g/mol. The molecule has 6 heteroatoms. The van der Waals surface area contributed by atoms with Crippen molar-refractivity contribution in [3.8, 4) is 5.75 Å². The first-order valence-electron chi connectivity index (χ1n) is 11.3. The SMILES string of the molecule is CC1CCCCC1.Cc1ncc2ccc(C)c(OCC(=O)NC3CCOCC3)c2n1. The number of rotatable bonds is 4. The second kappa shape index (κ2) is 11.3. The van der Waals surface area contributed by atoms with Crippen molar-refractivity contribution in [1.29, 1.82) is 0 Å². The van der Waals surface area contributed by atoms with E-state index in [1.807, 2.05) is 26.0 Å². The molecule has 0 bridgehead atoms. The van der Waals surface area contributed by atoms with E-state index in [4.69, 9.17) is 9.47 Å². The summed E-state index contributed by atoms with van der Waals surface area (Å²) in [5.74, 6) is 2.25. The first-order chi connectivity index (χ1) is 14.5. The summed E-state index contributed by atoms with van der Waals surface area (Å²) in [4.78, 5) is 20.7. The highest BCUT2D eigenvalue weighted by molar-refractivity contribution is 5.86. The van der Waals surface area contributed by atoms with Crippen LogP contribution in [0.2, 0.25) is 0 Å². The van der Waals surface area contributed by atoms with E-state index in [2.05, 4.69) is 22.2 Å². The Morgan fingerprint density at radius 3 is 2.53 bits per heavy atom. The Bertz CT molecular complexity index is 823. The van der Waals surface area contributed by atoms with E-state index in [1.165, 1.54) is 32.1 Å². The van der Waals surface area contributed by atoms with Gasteiger partial charge in [0.1, 0.15) is 17.1 Å². The number of aryl methyl sites for hydroxylation is 2. The van der Waals surface area contributed by atoms with E-state index >= 15 is 0 Å². The maximum absolute atomic E-state index is 12.1. The van der Waals surface area contributed by atoms with E-state index in [9.17, 15) is 4.79 Å². The maximum Gasteiger partial charge on any atom is 0.258 e. The standard InChI is InChI=1S/C17H21N3O3.C7H14/c1-11-3-4-13-9-18-12(2)19-16(13)17(11)23-10-15(21)20-14-5-7-22-8-6-14;1-7-5-3-2-4-6-7/h3-4,9,14H,5-8,10H2,1-2H3,(H,20,21);7H,2-6H2,1H3. The van der Waals surface area contributed by atoms with Crippen LogP contribution in [0.25, 0.3) is 10.9 Å². The quantitative estimate of drug-likeness (QED) is 0.798. The number of carbonyl (C=O) groups excluding carboxylic acids is 1. The molecule has 0 unspecified atom stereocenters. The molecule has 164 valence electrons. The van der Waals surface area contributed by atoms with Gasteiger partial charge < -0.3 is 14.8 Å². The number of nitrogens with zero attached hydrogens (tertiary/aromatic N) is 2. The molecule has 1 aromatic carbocycles. The van der Waals surface area contributed by atoms with Gasteiger partial charge in [0.05, 0.1) is 0 Å². The van der Waals surface area contributed by atoms with Crippen molar-refractivity contribution >= 4 is 16.8 Å². The molecule has 1 saturated carbocycles. The molecule has 6 nitrogen and oxygen atoms in total. The summed E-state index contributed by atoms with van der Waals surface area (Å²) in [5.41, 5.74) is 1.70.